The average molecular weight is 600 g/mol. The molecule has 7 rings (SSSR count). The molecule has 1 saturated carbocycles. The van der Waals surface area contributed by atoms with E-state index in [2.05, 4.69) is 5.16 Å². The van der Waals surface area contributed by atoms with Crippen LogP contribution in [0.25, 0.3) is 11.3 Å². The molecule has 3 atom stereocenters. The molecule has 214 valence electrons. The molecule has 1 aliphatic carbocycles. The van der Waals surface area contributed by atoms with Gasteiger partial charge in [-0.25, -0.2) is 14.0 Å². The van der Waals surface area contributed by atoms with Crippen LogP contribution in [0.15, 0.2) is 34.9 Å². The van der Waals surface area contributed by atoms with Crippen molar-refractivity contribution in [2.75, 3.05) is 11.4 Å². The lowest BCUT2D eigenvalue weighted by atomic mass is 9.99. The highest BCUT2D eigenvalue weighted by Gasteiger charge is 2.46. The minimum atomic E-state index is -0.968. The molecule has 2 aromatic carbocycles. The number of hydrogen-bond acceptors (Lipinski definition) is 5. The van der Waals surface area contributed by atoms with Crippen molar-refractivity contribution in [3.63, 3.8) is 0 Å². The summed E-state index contributed by atoms with van der Waals surface area (Å²) in [5.41, 5.74) is 3.63. The number of halogens is 3. The van der Waals surface area contributed by atoms with Crippen molar-refractivity contribution in [2.24, 2.45) is 0 Å². The van der Waals surface area contributed by atoms with Crippen LogP contribution in [0.1, 0.15) is 71.7 Å². The fraction of sp³-hybridized carbons (Fsp3) is 0.433. The molecule has 0 radical (unpaired) electrons. The first-order valence-electron chi connectivity index (χ1n) is 14.0. The van der Waals surface area contributed by atoms with Gasteiger partial charge in [-0.3, -0.25) is 4.90 Å². The predicted molar refractivity (Wildman–Crippen MR) is 150 cm³/mol. The molecule has 1 aromatic heterocycles. The molecule has 3 fully saturated rings. The van der Waals surface area contributed by atoms with E-state index in [0.29, 0.717) is 24.2 Å². The first-order valence-corrected chi connectivity index (χ1v) is 14.7. The summed E-state index contributed by atoms with van der Waals surface area (Å²) >= 11 is 12.8. The van der Waals surface area contributed by atoms with Crippen molar-refractivity contribution in [2.45, 2.75) is 75.7 Å². The first kappa shape index (κ1) is 26.7. The molecule has 8 nitrogen and oxygen atoms in total. The SMILES string of the molecule is O=C(O)c1ccc2c(c1)CCN2C(=O)N1[C@@H]2CC[C@H]1CC(OCc1c(-c3c(Cl)cc(F)cc3Cl)noc1C1CC1)C2. The maximum absolute atomic E-state index is 13.9. The Morgan fingerprint density at radius 1 is 1.07 bits per heavy atom. The van der Waals surface area contributed by atoms with E-state index in [1.165, 1.54) is 12.1 Å². The summed E-state index contributed by atoms with van der Waals surface area (Å²) < 4.78 is 26.1. The number of aromatic nitrogens is 1. The fourth-order valence-corrected chi connectivity index (χ4v) is 7.38. The smallest absolute Gasteiger partial charge is 0.335 e. The first-order chi connectivity index (χ1) is 19.8. The Morgan fingerprint density at radius 2 is 1.78 bits per heavy atom. The fourth-order valence-electron chi connectivity index (χ4n) is 6.74. The van der Waals surface area contributed by atoms with Crippen LogP contribution in [0.5, 0.6) is 0 Å². The molecule has 1 unspecified atom stereocenters. The maximum atomic E-state index is 13.9. The topological polar surface area (TPSA) is 96.1 Å². The van der Waals surface area contributed by atoms with Gasteiger partial charge in [0.05, 0.1) is 28.3 Å². The van der Waals surface area contributed by atoms with Gasteiger partial charge in [-0.1, -0.05) is 28.4 Å². The highest BCUT2D eigenvalue weighted by molar-refractivity contribution is 6.39. The third kappa shape index (κ3) is 4.77. The number of piperidine rings is 1. The number of urea groups is 1. The van der Waals surface area contributed by atoms with Gasteiger partial charge in [-0.15, -0.1) is 0 Å². The van der Waals surface area contributed by atoms with Crippen molar-refractivity contribution < 1.29 is 28.3 Å². The zero-order valence-electron chi connectivity index (χ0n) is 22.1. The molecule has 0 spiro atoms. The number of hydrogen-bond donors (Lipinski definition) is 1. The van der Waals surface area contributed by atoms with Gasteiger partial charge in [0, 0.05) is 41.4 Å². The molecule has 41 heavy (non-hydrogen) atoms. The zero-order valence-corrected chi connectivity index (χ0v) is 23.6. The summed E-state index contributed by atoms with van der Waals surface area (Å²) in [5.74, 6) is -0.444. The van der Waals surface area contributed by atoms with Crippen LogP contribution in [0, 0.1) is 5.82 Å². The summed E-state index contributed by atoms with van der Waals surface area (Å²) in [6, 6.07) is 7.52. The van der Waals surface area contributed by atoms with Gasteiger partial charge >= 0.3 is 12.0 Å². The average Bonchev–Trinajstić information content (AvgIpc) is 3.46. The summed E-state index contributed by atoms with van der Waals surface area (Å²) in [6.45, 7) is 0.806. The molecule has 2 saturated heterocycles. The third-order valence-electron chi connectivity index (χ3n) is 8.84. The van der Waals surface area contributed by atoms with Crippen molar-refractivity contribution in [1.82, 2.24) is 10.1 Å². The number of ether oxygens (including phenoxy) is 1. The largest absolute Gasteiger partial charge is 0.478 e. The lowest BCUT2D eigenvalue weighted by Crippen LogP contribution is -2.53. The Hall–Kier alpha value is -3.14. The van der Waals surface area contributed by atoms with Crippen molar-refractivity contribution in [3.05, 3.63) is 68.6 Å². The number of amides is 2. The van der Waals surface area contributed by atoms with E-state index in [-0.39, 0.29) is 52.4 Å². The van der Waals surface area contributed by atoms with Gasteiger partial charge in [0.2, 0.25) is 0 Å². The van der Waals surface area contributed by atoms with E-state index < -0.39 is 11.8 Å². The number of anilines is 1. The number of nitrogens with zero attached hydrogens (tertiary/aromatic N) is 3. The number of carboxylic acid groups (broad SMARTS) is 1. The number of benzene rings is 2. The van der Waals surface area contributed by atoms with E-state index in [1.807, 2.05) is 4.90 Å². The summed E-state index contributed by atoms with van der Waals surface area (Å²) in [7, 11) is 0. The van der Waals surface area contributed by atoms with E-state index in [0.717, 1.165) is 61.1 Å². The molecule has 2 amide bonds. The Morgan fingerprint density at radius 3 is 2.44 bits per heavy atom. The monoisotopic (exact) mass is 599 g/mol. The standard InChI is InChI=1S/C30H28Cl2FN3O5/c31-23-10-18(33)11-24(32)26(23)27-22(28(41-34-27)15-1-2-15)14-40-21-12-19-4-5-20(13-21)36(19)30(39)35-8-7-16-9-17(29(37)38)3-6-25(16)35/h3,6,9-11,15,19-21H,1-2,4-5,7-8,12-14H2,(H,37,38)/t19-,20+,21?. The molecule has 2 bridgehead atoms. The Kier molecular flexibility index (Phi) is 6.71. The highest BCUT2D eigenvalue weighted by Crippen LogP contribution is 2.47. The van der Waals surface area contributed by atoms with E-state index >= 15 is 0 Å². The number of carbonyl (C=O) groups is 2. The molecule has 1 N–H and O–H groups in total. The molecule has 3 aliphatic heterocycles. The third-order valence-corrected chi connectivity index (χ3v) is 9.43. The Labute approximate surface area is 245 Å². The quantitative estimate of drug-likeness (QED) is 0.326. The van der Waals surface area contributed by atoms with Crippen LogP contribution in [0.3, 0.4) is 0 Å². The lowest BCUT2D eigenvalue weighted by Gasteiger charge is -2.40. The summed E-state index contributed by atoms with van der Waals surface area (Å²) in [5, 5.41) is 13.9. The van der Waals surface area contributed by atoms with Crippen molar-refractivity contribution in [1.29, 1.82) is 0 Å². The van der Waals surface area contributed by atoms with Gasteiger partial charge in [0.15, 0.2) is 0 Å². The summed E-state index contributed by atoms with van der Waals surface area (Å²) in [4.78, 5) is 28.9. The predicted octanol–water partition coefficient (Wildman–Crippen LogP) is 7.06. The van der Waals surface area contributed by atoms with Gasteiger partial charge in [0.25, 0.3) is 0 Å². The van der Waals surface area contributed by atoms with E-state index in [1.54, 1.807) is 23.1 Å². The van der Waals surface area contributed by atoms with Crippen molar-refractivity contribution >= 4 is 40.9 Å². The minimum Gasteiger partial charge on any atom is -0.478 e. The van der Waals surface area contributed by atoms with Gasteiger partial charge in [-0.05, 0) is 80.8 Å². The second-order valence-electron chi connectivity index (χ2n) is 11.4. The normalized spacial score (nSPS) is 23.2. The second kappa shape index (κ2) is 10.3. The highest BCUT2D eigenvalue weighted by atomic mass is 35.5. The van der Waals surface area contributed by atoms with Gasteiger partial charge in [-0.2, -0.15) is 0 Å². The number of carbonyl (C=O) groups excluding carboxylic acids is 1. The number of aromatic carboxylic acids is 1. The van der Waals surface area contributed by atoms with Crippen molar-refractivity contribution in [3.8, 4) is 11.3 Å². The molecular formula is C30H28Cl2FN3O5. The second-order valence-corrected chi connectivity index (χ2v) is 12.2. The Bertz CT molecular complexity index is 1520. The van der Waals surface area contributed by atoms with Crippen LogP contribution >= 0.6 is 23.2 Å². The number of rotatable bonds is 6. The van der Waals surface area contributed by atoms with Crippen LogP contribution in [-0.4, -0.2) is 51.9 Å². The molecule has 3 aromatic rings. The minimum absolute atomic E-state index is 0.0179. The van der Waals surface area contributed by atoms with Crippen LogP contribution in [0.2, 0.25) is 10.0 Å². The molecular weight excluding hydrogens is 572 g/mol. The zero-order chi connectivity index (χ0) is 28.4. The van der Waals surface area contributed by atoms with Crippen LogP contribution < -0.4 is 4.90 Å². The van der Waals surface area contributed by atoms with Crippen LogP contribution in [-0.2, 0) is 17.8 Å². The molecule has 11 heteroatoms. The number of fused-ring (bicyclic) bond motifs is 3. The van der Waals surface area contributed by atoms with Gasteiger partial charge < -0.3 is 19.3 Å². The van der Waals surface area contributed by atoms with Crippen LogP contribution in [0.4, 0.5) is 14.9 Å². The summed E-state index contributed by atoms with van der Waals surface area (Å²) in [6.07, 6.45) is 5.89. The Balaban J connectivity index is 1.07. The molecule has 4 aliphatic rings. The lowest BCUT2D eigenvalue weighted by molar-refractivity contribution is -0.0164. The maximum Gasteiger partial charge on any atom is 0.335 e. The van der Waals surface area contributed by atoms with E-state index in [4.69, 9.17) is 32.5 Å². The molecule has 4 heterocycles. The number of carboxylic acids is 1. The van der Waals surface area contributed by atoms with Gasteiger partial charge in [0.1, 0.15) is 17.3 Å². The van der Waals surface area contributed by atoms with E-state index in [9.17, 15) is 19.1 Å².